The highest BCUT2D eigenvalue weighted by Crippen LogP contribution is 2.32. The van der Waals surface area contributed by atoms with Crippen molar-refractivity contribution < 1.29 is 0 Å². The van der Waals surface area contributed by atoms with Gasteiger partial charge in [0.2, 0.25) is 0 Å². The summed E-state index contributed by atoms with van der Waals surface area (Å²) in [7, 11) is 2.22. The van der Waals surface area contributed by atoms with Gasteiger partial charge in [-0.3, -0.25) is 4.90 Å². The lowest BCUT2D eigenvalue weighted by Crippen LogP contribution is -2.49. The van der Waals surface area contributed by atoms with Crippen molar-refractivity contribution in [3.8, 4) is 0 Å². The lowest BCUT2D eigenvalue weighted by atomic mass is 9.78. The Hall–Kier alpha value is -0.570. The molecule has 1 saturated carbocycles. The van der Waals surface area contributed by atoms with Crippen LogP contribution in [0.25, 0.3) is 0 Å². The monoisotopic (exact) mass is 280 g/mol. The summed E-state index contributed by atoms with van der Waals surface area (Å²) in [5.74, 6) is 0.787. The van der Waals surface area contributed by atoms with Crippen LogP contribution < -0.4 is 5.32 Å². The molecular formula is C16H25ClN2. The van der Waals surface area contributed by atoms with E-state index in [1.165, 1.54) is 18.4 Å². The molecule has 1 aromatic rings. The van der Waals surface area contributed by atoms with Crippen molar-refractivity contribution in [2.24, 2.45) is 5.92 Å². The molecule has 3 heteroatoms. The van der Waals surface area contributed by atoms with Gasteiger partial charge in [-0.1, -0.05) is 43.6 Å². The second kappa shape index (κ2) is 6.74. The van der Waals surface area contributed by atoms with E-state index in [0.29, 0.717) is 12.1 Å². The maximum Gasteiger partial charge on any atom is 0.0451 e. The number of halogens is 1. The minimum Gasteiger partial charge on any atom is -0.314 e. The van der Waals surface area contributed by atoms with Crippen LogP contribution in [0.5, 0.6) is 0 Å². The average Bonchev–Trinajstić information content (AvgIpc) is 2.30. The third kappa shape index (κ3) is 3.95. The summed E-state index contributed by atoms with van der Waals surface area (Å²) < 4.78 is 0. The van der Waals surface area contributed by atoms with Crippen LogP contribution in [0, 0.1) is 5.92 Å². The van der Waals surface area contributed by atoms with E-state index >= 15 is 0 Å². The van der Waals surface area contributed by atoms with Crippen LogP contribution in [0.2, 0.25) is 5.02 Å². The van der Waals surface area contributed by atoms with Crippen molar-refractivity contribution in [2.75, 3.05) is 13.6 Å². The minimum absolute atomic E-state index is 0.579. The lowest BCUT2D eigenvalue weighted by Gasteiger charge is -2.43. The van der Waals surface area contributed by atoms with E-state index in [9.17, 15) is 0 Å². The van der Waals surface area contributed by atoms with Crippen molar-refractivity contribution in [2.45, 2.75) is 45.3 Å². The van der Waals surface area contributed by atoms with Gasteiger partial charge in [0, 0.05) is 23.7 Å². The molecule has 0 spiro atoms. The summed E-state index contributed by atoms with van der Waals surface area (Å²) in [5, 5.41) is 4.43. The topological polar surface area (TPSA) is 15.3 Å². The first-order valence-corrected chi connectivity index (χ1v) is 7.62. The van der Waals surface area contributed by atoms with Crippen LogP contribution in [-0.4, -0.2) is 30.6 Å². The standard InChI is InChI=1S/C16H25ClN2/c1-12(2)18-10-13-8-9-16(13)19(3)11-14-6-4-5-7-15(14)17/h4-7,12-13,16,18H,8-11H2,1-3H3. The van der Waals surface area contributed by atoms with E-state index in [1.54, 1.807) is 0 Å². The van der Waals surface area contributed by atoms with Crippen LogP contribution in [0.15, 0.2) is 24.3 Å². The summed E-state index contributed by atoms with van der Waals surface area (Å²) in [5.41, 5.74) is 1.23. The van der Waals surface area contributed by atoms with Crippen LogP contribution in [-0.2, 0) is 6.54 Å². The van der Waals surface area contributed by atoms with Crippen LogP contribution in [0.4, 0.5) is 0 Å². The maximum absolute atomic E-state index is 6.23. The SMILES string of the molecule is CC(C)NCC1CCC1N(C)Cc1ccccc1Cl. The van der Waals surface area contributed by atoms with E-state index in [1.807, 2.05) is 12.1 Å². The maximum atomic E-state index is 6.23. The number of benzene rings is 1. The molecule has 1 fully saturated rings. The van der Waals surface area contributed by atoms with Gasteiger partial charge in [0.25, 0.3) is 0 Å². The second-order valence-electron chi connectivity index (χ2n) is 5.97. The predicted octanol–water partition coefficient (Wildman–Crippen LogP) is 3.55. The molecule has 106 valence electrons. The summed E-state index contributed by atoms with van der Waals surface area (Å²) in [6, 6.07) is 9.43. The minimum atomic E-state index is 0.579. The van der Waals surface area contributed by atoms with Crippen molar-refractivity contribution >= 4 is 11.6 Å². The Kier molecular flexibility index (Phi) is 5.26. The molecule has 2 atom stereocenters. The molecule has 0 aromatic heterocycles. The summed E-state index contributed by atoms with van der Waals surface area (Å²) in [4.78, 5) is 2.46. The molecule has 1 aliphatic rings. The van der Waals surface area contributed by atoms with Crippen molar-refractivity contribution in [1.82, 2.24) is 10.2 Å². The molecule has 1 aromatic carbocycles. The van der Waals surface area contributed by atoms with Gasteiger partial charge in [-0.2, -0.15) is 0 Å². The molecule has 2 rings (SSSR count). The zero-order valence-electron chi connectivity index (χ0n) is 12.2. The third-order valence-electron chi connectivity index (χ3n) is 4.11. The third-order valence-corrected chi connectivity index (χ3v) is 4.48. The summed E-state index contributed by atoms with van der Waals surface area (Å²) in [6.07, 6.45) is 2.66. The van der Waals surface area contributed by atoms with Crippen LogP contribution in [0.1, 0.15) is 32.3 Å². The smallest absolute Gasteiger partial charge is 0.0451 e. The van der Waals surface area contributed by atoms with Crippen molar-refractivity contribution in [3.05, 3.63) is 34.9 Å². The molecule has 0 radical (unpaired) electrons. The largest absolute Gasteiger partial charge is 0.314 e. The Morgan fingerprint density at radius 1 is 1.32 bits per heavy atom. The molecule has 2 unspecified atom stereocenters. The van der Waals surface area contributed by atoms with E-state index in [-0.39, 0.29) is 0 Å². The van der Waals surface area contributed by atoms with E-state index in [4.69, 9.17) is 11.6 Å². The molecular weight excluding hydrogens is 256 g/mol. The van der Waals surface area contributed by atoms with Gasteiger partial charge in [-0.25, -0.2) is 0 Å². The average molecular weight is 281 g/mol. The second-order valence-corrected chi connectivity index (χ2v) is 6.38. The summed E-state index contributed by atoms with van der Waals surface area (Å²) in [6.45, 7) is 6.50. The van der Waals surface area contributed by atoms with Gasteiger partial charge in [0.05, 0.1) is 0 Å². The zero-order valence-corrected chi connectivity index (χ0v) is 13.0. The number of rotatable bonds is 6. The number of hydrogen-bond acceptors (Lipinski definition) is 2. The molecule has 0 saturated heterocycles. The van der Waals surface area contributed by atoms with Gasteiger partial charge in [-0.15, -0.1) is 0 Å². The molecule has 0 bridgehead atoms. The Morgan fingerprint density at radius 2 is 2.05 bits per heavy atom. The Morgan fingerprint density at radius 3 is 2.63 bits per heavy atom. The highest BCUT2D eigenvalue weighted by atomic mass is 35.5. The Bertz CT molecular complexity index is 405. The number of hydrogen-bond donors (Lipinski definition) is 1. The normalized spacial score (nSPS) is 22.8. The van der Waals surface area contributed by atoms with E-state index in [2.05, 4.69) is 43.2 Å². The Labute approximate surface area is 122 Å². The van der Waals surface area contributed by atoms with Gasteiger partial charge < -0.3 is 5.32 Å². The molecule has 1 N–H and O–H groups in total. The fourth-order valence-electron chi connectivity index (χ4n) is 2.77. The molecule has 19 heavy (non-hydrogen) atoms. The zero-order chi connectivity index (χ0) is 13.8. The van der Waals surface area contributed by atoms with E-state index in [0.717, 1.165) is 24.0 Å². The quantitative estimate of drug-likeness (QED) is 0.857. The van der Waals surface area contributed by atoms with Gasteiger partial charge in [0.1, 0.15) is 0 Å². The molecule has 1 aliphatic carbocycles. The van der Waals surface area contributed by atoms with Crippen molar-refractivity contribution in [1.29, 1.82) is 0 Å². The highest BCUT2D eigenvalue weighted by Gasteiger charge is 2.33. The number of nitrogens with one attached hydrogen (secondary N) is 1. The van der Waals surface area contributed by atoms with Crippen LogP contribution in [0.3, 0.4) is 0 Å². The van der Waals surface area contributed by atoms with Gasteiger partial charge in [0.15, 0.2) is 0 Å². The fraction of sp³-hybridized carbons (Fsp3) is 0.625. The molecule has 0 amide bonds. The highest BCUT2D eigenvalue weighted by molar-refractivity contribution is 6.31. The Balaban J connectivity index is 1.86. The van der Waals surface area contributed by atoms with Crippen LogP contribution >= 0.6 is 11.6 Å². The fourth-order valence-corrected chi connectivity index (χ4v) is 2.96. The predicted molar refractivity (Wildman–Crippen MR) is 82.6 cm³/mol. The molecule has 2 nitrogen and oxygen atoms in total. The first-order valence-electron chi connectivity index (χ1n) is 7.25. The first-order chi connectivity index (χ1) is 9.08. The number of nitrogens with zero attached hydrogens (tertiary/aromatic N) is 1. The van der Waals surface area contributed by atoms with Crippen molar-refractivity contribution in [3.63, 3.8) is 0 Å². The molecule has 0 heterocycles. The van der Waals surface area contributed by atoms with E-state index < -0.39 is 0 Å². The molecule has 0 aliphatic heterocycles. The van der Waals surface area contributed by atoms with Gasteiger partial charge in [-0.05, 0) is 44.0 Å². The lowest BCUT2D eigenvalue weighted by molar-refractivity contribution is 0.0768. The summed E-state index contributed by atoms with van der Waals surface area (Å²) >= 11 is 6.23. The first kappa shape index (κ1) is 14.8. The van der Waals surface area contributed by atoms with Gasteiger partial charge >= 0.3 is 0 Å².